The molecule has 8 heteroatoms. The van der Waals surface area contributed by atoms with E-state index in [0.29, 0.717) is 13.1 Å². The number of halogens is 1. The third kappa shape index (κ3) is 3.28. The topological polar surface area (TPSA) is 89.9 Å². The molecule has 112 valence electrons. The van der Waals surface area contributed by atoms with Crippen LogP contribution in [0.5, 0.6) is 0 Å². The number of rotatable bonds is 2. The molecule has 0 aromatic heterocycles. The number of carboxylic acid groups (broad SMARTS) is 1. The number of likely N-dealkylation sites (N-methyl/N-ethyl adjacent to an activating group) is 1. The second kappa shape index (κ2) is 5.78. The van der Waals surface area contributed by atoms with Gasteiger partial charge in [-0.2, -0.15) is 0 Å². The molecule has 2 N–H and O–H groups in total. The lowest BCUT2D eigenvalue weighted by Gasteiger charge is -2.31. The molecule has 1 heterocycles. The summed E-state index contributed by atoms with van der Waals surface area (Å²) < 4.78 is 13.6. The van der Waals surface area contributed by atoms with E-state index < -0.39 is 17.8 Å². The maximum Gasteiger partial charge on any atom is 0.335 e. The van der Waals surface area contributed by atoms with Crippen LogP contribution in [0.3, 0.4) is 0 Å². The Kier molecular flexibility index (Phi) is 4.06. The monoisotopic (exact) mass is 295 g/mol. The normalized spacial score (nSPS) is 15.0. The van der Waals surface area contributed by atoms with Gasteiger partial charge >= 0.3 is 12.0 Å². The van der Waals surface area contributed by atoms with Crippen LogP contribution >= 0.6 is 0 Å². The molecule has 1 fully saturated rings. The van der Waals surface area contributed by atoms with E-state index in [4.69, 9.17) is 5.11 Å². The van der Waals surface area contributed by atoms with E-state index in [-0.39, 0.29) is 23.7 Å². The van der Waals surface area contributed by atoms with Crippen molar-refractivity contribution in [3.63, 3.8) is 0 Å². The molecule has 1 aliphatic heterocycles. The van der Waals surface area contributed by atoms with E-state index in [9.17, 15) is 18.8 Å². The van der Waals surface area contributed by atoms with Crippen molar-refractivity contribution in [2.24, 2.45) is 0 Å². The van der Waals surface area contributed by atoms with Crippen molar-refractivity contribution in [3.05, 3.63) is 29.6 Å². The first-order chi connectivity index (χ1) is 9.88. The number of amides is 3. The second-order valence-corrected chi connectivity index (χ2v) is 4.67. The van der Waals surface area contributed by atoms with Gasteiger partial charge in [-0.3, -0.25) is 4.79 Å². The summed E-state index contributed by atoms with van der Waals surface area (Å²) in [6.45, 7) is 0.626. The number of carboxylic acids is 1. The number of anilines is 1. The van der Waals surface area contributed by atoms with E-state index in [0.717, 1.165) is 18.2 Å². The molecular formula is C13H14FN3O4. The number of piperazine rings is 1. The molecule has 1 aromatic rings. The summed E-state index contributed by atoms with van der Waals surface area (Å²) >= 11 is 0. The summed E-state index contributed by atoms with van der Waals surface area (Å²) in [5.41, 5.74) is -0.368. The number of nitrogens with one attached hydrogen (secondary N) is 1. The Hall–Kier alpha value is -2.64. The lowest BCUT2D eigenvalue weighted by Crippen LogP contribution is -2.51. The maximum absolute atomic E-state index is 13.6. The van der Waals surface area contributed by atoms with Gasteiger partial charge in [-0.25, -0.2) is 14.0 Å². The molecule has 3 amide bonds. The largest absolute Gasteiger partial charge is 0.478 e. The Morgan fingerprint density at radius 3 is 2.67 bits per heavy atom. The van der Waals surface area contributed by atoms with Gasteiger partial charge in [0, 0.05) is 20.1 Å². The second-order valence-electron chi connectivity index (χ2n) is 4.67. The summed E-state index contributed by atoms with van der Waals surface area (Å²) in [5, 5.41) is 11.1. The number of carbonyl (C=O) groups is 3. The highest BCUT2D eigenvalue weighted by Gasteiger charge is 2.25. The molecule has 1 aromatic carbocycles. The van der Waals surface area contributed by atoms with Crippen LogP contribution in [0.4, 0.5) is 14.9 Å². The van der Waals surface area contributed by atoms with Crippen LogP contribution in [-0.2, 0) is 4.79 Å². The summed E-state index contributed by atoms with van der Waals surface area (Å²) in [7, 11) is 1.63. The van der Waals surface area contributed by atoms with Gasteiger partial charge in [-0.05, 0) is 18.2 Å². The van der Waals surface area contributed by atoms with Crippen molar-refractivity contribution >= 4 is 23.6 Å². The third-order valence-corrected chi connectivity index (χ3v) is 3.20. The SMILES string of the molecule is CN1CCN(C(=O)Nc2cc(C(=O)O)ccc2F)CC1=O. The molecule has 7 nitrogen and oxygen atoms in total. The van der Waals surface area contributed by atoms with Gasteiger partial charge in [0.1, 0.15) is 12.4 Å². The quantitative estimate of drug-likeness (QED) is 0.845. The first-order valence-electron chi connectivity index (χ1n) is 6.21. The van der Waals surface area contributed by atoms with Crippen LogP contribution in [0, 0.1) is 5.82 Å². The molecule has 0 aliphatic carbocycles. The Morgan fingerprint density at radius 1 is 1.33 bits per heavy atom. The molecule has 0 spiro atoms. The number of carbonyl (C=O) groups excluding carboxylic acids is 2. The molecule has 0 unspecified atom stereocenters. The zero-order valence-electron chi connectivity index (χ0n) is 11.3. The minimum Gasteiger partial charge on any atom is -0.478 e. The average molecular weight is 295 g/mol. The summed E-state index contributed by atoms with van der Waals surface area (Å²) in [6.07, 6.45) is 0. The Morgan fingerprint density at radius 2 is 2.05 bits per heavy atom. The fourth-order valence-corrected chi connectivity index (χ4v) is 1.88. The van der Waals surface area contributed by atoms with Crippen LogP contribution in [0.1, 0.15) is 10.4 Å². The highest BCUT2D eigenvalue weighted by molar-refractivity contribution is 5.95. The first kappa shape index (κ1) is 14.8. The number of benzene rings is 1. The Bertz CT molecular complexity index is 605. The van der Waals surface area contributed by atoms with Crippen molar-refractivity contribution in [1.29, 1.82) is 0 Å². The van der Waals surface area contributed by atoms with E-state index in [1.54, 1.807) is 7.05 Å². The maximum atomic E-state index is 13.6. The highest BCUT2D eigenvalue weighted by atomic mass is 19.1. The Labute approximate surface area is 119 Å². The van der Waals surface area contributed by atoms with Crippen LogP contribution < -0.4 is 5.32 Å². The number of nitrogens with zero attached hydrogens (tertiary/aromatic N) is 2. The molecule has 0 radical (unpaired) electrons. The number of aromatic carboxylic acids is 1. The van der Waals surface area contributed by atoms with Gasteiger partial charge in [0.15, 0.2) is 0 Å². The summed E-state index contributed by atoms with van der Waals surface area (Å²) in [4.78, 5) is 37.1. The number of hydrogen-bond acceptors (Lipinski definition) is 3. The van der Waals surface area contributed by atoms with Gasteiger partial charge in [0.2, 0.25) is 5.91 Å². The van der Waals surface area contributed by atoms with Gasteiger partial charge in [-0.15, -0.1) is 0 Å². The summed E-state index contributed by atoms with van der Waals surface area (Å²) in [5.74, 6) is -2.18. The van der Waals surface area contributed by atoms with Crippen molar-refractivity contribution in [2.75, 3.05) is 32.0 Å². The van der Waals surface area contributed by atoms with Crippen LogP contribution in [0.25, 0.3) is 0 Å². The van der Waals surface area contributed by atoms with Crippen molar-refractivity contribution in [3.8, 4) is 0 Å². The van der Waals surface area contributed by atoms with Crippen molar-refractivity contribution in [1.82, 2.24) is 9.80 Å². The molecule has 1 saturated heterocycles. The fraction of sp³-hybridized carbons (Fsp3) is 0.308. The third-order valence-electron chi connectivity index (χ3n) is 3.20. The fourth-order valence-electron chi connectivity index (χ4n) is 1.88. The van der Waals surface area contributed by atoms with Gasteiger partial charge in [0.25, 0.3) is 0 Å². The first-order valence-corrected chi connectivity index (χ1v) is 6.21. The Balaban J connectivity index is 2.11. The molecule has 0 atom stereocenters. The predicted octanol–water partition coefficient (Wildman–Crippen LogP) is 0.830. The number of hydrogen-bond donors (Lipinski definition) is 2. The molecule has 21 heavy (non-hydrogen) atoms. The molecular weight excluding hydrogens is 281 g/mol. The lowest BCUT2D eigenvalue weighted by atomic mass is 10.2. The standard InChI is InChI=1S/C13H14FN3O4/c1-16-4-5-17(7-11(16)18)13(21)15-10-6-8(12(19)20)2-3-9(10)14/h2-3,6H,4-5,7H2,1H3,(H,15,21)(H,19,20). The highest BCUT2D eigenvalue weighted by Crippen LogP contribution is 2.17. The lowest BCUT2D eigenvalue weighted by molar-refractivity contribution is -0.133. The van der Waals surface area contributed by atoms with Crippen LogP contribution in [0.15, 0.2) is 18.2 Å². The predicted molar refractivity (Wildman–Crippen MR) is 71.6 cm³/mol. The van der Waals surface area contributed by atoms with E-state index >= 15 is 0 Å². The minimum atomic E-state index is -1.22. The molecule has 0 bridgehead atoms. The van der Waals surface area contributed by atoms with Gasteiger partial charge in [0.05, 0.1) is 11.3 Å². The zero-order valence-corrected chi connectivity index (χ0v) is 11.3. The van der Waals surface area contributed by atoms with E-state index in [1.807, 2.05) is 0 Å². The molecule has 0 saturated carbocycles. The minimum absolute atomic E-state index is 0.0947. The summed E-state index contributed by atoms with van der Waals surface area (Å²) in [6, 6.07) is 2.46. The molecule has 1 aliphatic rings. The smallest absolute Gasteiger partial charge is 0.335 e. The zero-order chi connectivity index (χ0) is 15.6. The van der Waals surface area contributed by atoms with E-state index in [2.05, 4.69) is 5.32 Å². The van der Waals surface area contributed by atoms with Gasteiger partial charge < -0.3 is 20.2 Å². The van der Waals surface area contributed by atoms with Crippen LogP contribution in [0.2, 0.25) is 0 Å². The molecule has 2 rings (SSSR count). The van der Waals surface area contributed by atoms with Crippen molar-refractivity contribution in [2.45, 2.75) is 0 Å². The van der Waals surface area contributed by atoms with E-state index in [1.165, 1.54) is 9.80 Å². The van der Waals surface area contributed by atoms with Gasteiger partial charge in [-0.1, -0.05) is 0 Å². The van der Waals surface area contributed by atoms with Crippen LogP contribution in [-0.4, -0.2) is 59.5 Å². The number of urea groups is 1. The average Bonchev–Trinajstić information content (AvgIpc) is 2.43. The van der Waals surface area contributed by atoms with Crippen molar-refractivity contribution < 1.29 is 23.9 Å².